The Balaban J connectivity index is 2.26. The first-order chi connectivity index (χ1) is 9.38. The Morgan fingerprint density at radius 2 is 2.05 bits per heavy atom. The molecule has 1 N–H and O–H groups in total. The number of carboxylic acids is 1. The van der Waals surface area contributed by atoms with Crippen molar-refractivity contribution in [2.24, 2.45) is 0 Å². The number of carboxylic acid groups (broad SMARTS) is 1. The molecule has 0 bridgehead atoms. The van der Waals surface area contributed by atoms with Crippen molar-refractivity contribution in [1.29, 1.82) is 0 Å². The molecule has 9 heteroatoms. The van der Waals surface area contributed by atoms with Gasteiger partial charge in [0, 0.05) is 6.07 Å². The lowest BCUT2D eigenvalue weighted by atomic mass is 10.3. The van der Waals surface area contributed by atoms with E-state index < -0.39 is 10.9 Å². The summed E-state index contributed by atoms with van der Waals surface area (Å²) in [5.74, 6) is -1.01. The van der Waals surface area contributed by atoms with Gasteiger partial charge in [-0.15, -0.1) is 0 Å². The number of aromatic nitrogens is 2. The maximum atomic E-state index is 10.9. The van der Waals surface area contributed by atoms with E-state index in [0.29, 0.717) is 20.8 Å². The van der Waals surface area contributed by atoms with Gasteiger partial charge in [0.25, 0.3) is 5.69 Å². The fraction of sp³-hybridized carbons (Fsp3) is 0.182. The van der Waals surface area contributed by atoms with Crippen LogP contribution in [0.5, 0.6) is 0 Å². The Morgan fingerprint density at radius 1 is 1.35 bits per heavy atom. The van der Waals surface area contributed by atoms with Crippen LogP contribution >= 0.6 is 23.1 Å². The van der Waals surface area contributed by atoms with Crippen molar-refractivity contribution in [3.8, 4) is 0 Å². The van der Waals surface area contributed by atoms with Crippen molar-refractivity contribution in [2.75, 3.05) is 0 Å². The monoisotopic (exact) mass is 311 g/mol. The predicted molar refractivity (Wildman–Crippen MR) is 73.6 cm³/mol. The Morgan fingerprint density at radius 3 is 2.55 bits per heavy atom. The predicted octanol–water partition coefficient (Wildman–Crippen LogP) is 2.91. The molecule has 2 aromatic rings. The van der Waals surface area contributed by atoms with Gasteiger partial charge >= 0.3 is 5.97 Å². The molecule has 2 rings (SSSR count). The van der Waals surface area contributed by atoms with E-state index in [-0.39, 0.29) is 10.6 Å². The third-order valence-electron chi connectivity index (χ3n) is 2.39. The summed E-state index contributed by atoms with van der Waals surface area (Å²) in [4.78, 5) is 29.6. The SMILES string of the molecule is Cc1nc(Sc2nc(C)c(C(=O)O)s2)ccc1[N+](=O)[O-]. The maximum absolute atomic E-state index is 10.9. The van der Waals surface area contributed by atoms with Crippen molar-refractivity contribution in [2.45, 2.75) is 23.2 Å². The number of nitro groups is 1. The molecule has 0 radical (unpaired) electrons. The van der Waals surface area contributed by atoms with Crippen LogP contribution in [-0.4, -0.2) is 26.0 Å². The number of hydrogen-bond acceptors (Lipinski definition) is 7. The average molecular weight is 311 g/mol. The normalized spacial score (nSPS) is 10.5. The van der Waals surface area contributed by atoms with Crippen LogP contribution in [-0.2, 0) is 0 Å². The quantitative estimate of drug-likeness (QED) is 0.683. The van der Waals surface area contributed by atoms with Crippen molar-refractivity contribution < 1.29 is 14.8 Å². The number of nitrogens with zero attached hydrogens (tertiary/aromatic N) is 3. The molecule has 2 heterocycles. The van der Waals surface area contributed by atoms with Crippen LogP contribution < -0.4 is 0 Å². The van der Waals surface area contributed by atoms with E-state index in [2.05, 4.69) is 9.97 Å². The van der Waals surface area contributed by atoms with Crippen molar-refractivity contribution >= 4 is 34.8 Å². The van der Waals surface area contributed by atoms with Crippen LogP contribution in [0.25, 0.3) is 0 Å². The summed E-state index contributed by atoms with van der Waals surface area (Å²) < 4.78 is 0.542. The number of aryl methyl sites for hydroxylation is 2. The second-order valence-corrected chi connectivity index (χ2v) is 6.08. The lowest BCUT2D eigenvalue weighted by molar-refractivity contribution is -0.385. The third kappa shape index (κ3) is 2.94. The van der Waals surface area contributed by atoms with E-state index in [0.717, 1.165) is 11.3 Å². The third-order valence-corrected chi connectivity index (χ3v) is 4.53. The van der Waals surface area contributed by atoms with Gasteiger partial charge in [0.1, 0.15) is 15.6 Å². The molecule has 0 aliphatic heterocycles. The van der Waals surface area contributed by atoms with Crippen LogP contribution in [0.1, 0.15) is 21.1 Å². The van der Waals surface area contributed by atoms with E-state index in [4.69, 9.17) is 5.11 Å². The topological polar surface area (TPSA) is 106 Å². The standard InChI is InChI=1S/C11H9N3O4S2/c1-5-7(14(17)18)3-4-8(12-5)19-11-13-6(2)9(20-11)10(15)16/h3-4H,1-2H3,(H,15,16). The molecular weight excluding hydrogens is 302 g/mol. The molecule has 0 unspecified atom stereocenters. The molecule has 0 fully saturated rings. The van der Waals surface area contributed by atoms with Gasteiger partial charge in [-0.1, -0.05) is 11.3 Å². The fourth-order valence-corrected chi connectivity index (χ4v) is 3.47. The van der Waals surface area contributed by atoms with Gasteiger partial charge in [0.2, 0.25) is 0 Å². The number of carbonyl (C=O) groups is 1. The fourth-order valence-electron chi connectivity index (χ4n) is 1.48. The second kappa shape index (κ2) is 5.55. The van der Waals surface area contributed by atoms with Gasteiger partial charge in [-0.05, 0) is 31.7 Å². The van der Waals surface area contributed by atoms with Gasteiger partial charge in [-0.3, -0.25) is 10.1 Å². The second-order valence-electron chi connectivity index (χ2n) is 3.81. The Bertz CT molecular complexity index is 699. The molecule has 0 atom stereocenters. The Kier molecular flexibility index (Phi) is 4.00. The molecule has 0 spiro atoms. The van der Waals surface area contributed by atoms with Crippen molar-refractivity contribution in [3.63, 3.8) is 0 Å². The van der Waals surface area contributed by atoms with E-state index in [1.54, 1.807) is 13.8 Å². The summed E-state index contributed by atoms with van der Waals surface area (Å²) in [7, 11) is 0. The largest absolute Gasteiger partial charge is 0.477 e. The lowest BCUT2D eigenvalue weighted by Crippen LogP contribution is -1.94. The smallest absolute Gasteiger partial charge is 0.347 e. The molecule has 20 heavy (non-hydrogen) atoms. The van der Waals surface area contributed by atoms with E-state index in [1.165, 1.54) is 23.9 Å². The first kappa shape index (κ1) is 14.4. The highest BCUT2D eigenvalue weighted by atomic mass is 32.2. The van der Waals surface area contributed by atoms with Gasteiger partial charge in [0.05, 0.1) is 10.6 Å². The number of pyridine rings is 1. The minimum absolute atomic E-state index is 0.0455. The van der Waals surface area contributed by atoms with Gasteiger partial charge < -0.3 is 5.11 Å². The Labute approximate surface area is 121 Å². The zero-order chi connectivity index (χ0) is 14.9. The van der Waals surface area contributed by atoms with Crippen LogP contribution in [0.15, 0.2) is 21.5 Å². The summed E-state index contributed by atoms with van der Waals surface area (Å²) in [6.07, 6.45) is 0. The summed E-state index contributed by atoms with van der Waals surface area (Å²) in [5.41, 5.74) is 0.714. The zero-order valence-corrected chi connectivity index (χ0v) is 12.1. The number of aromatic carboxylic acids is 1. The molecule has 7 nitrogen and oxygen atoms in total. The van der Waals surface area contributed by atoms with Crippen LogP contribution in [0.3, 0.4) is 0 Å². The average Bonchev–Trinajstić information content (AvgIpc) is 2.70. The van der Waals surface area contributed by atoms with Crippen molar-refractivity contribution in [3.05, 3.63) is 38.5 Å². The zero-order valence-electron chi connectivity index (χ0n) is 10.5. The van der Waals surface area contributed by atoms with Gasteiger partial charge in [0.15, 0.2) is 4.34 Å². The maximum Gasteiger partial charge on any atom is 0.347 e. The summed E-state index contributed by atoms with van der Waals surface area (Å²) in [6.45, 7) is 3.18. The molecule has 0 aromatic carbocycles. The highest BCUT2D eigenvalue weighted by Crippen LogP contribution is 2.33. The molecule has 2 aromatic heterocycles. The molecular formula is C11H9N3O4S2. The Hall–Kier alpha value is -2.00. The first-order valence-electron chi connectivity index (χ1n) is 5.39. The molecule has 0 aliphatic rings. The van der Waals surface area contributed by atoms with Gasteiger partial charge in [-0.2, -0.15) is 0 Å². The van der Waals surface area contributed by atoms with E-state index >= 15 is 0 Å². The molecule has 104 valence electrons. The van der Waals surface area contributed by atoms with E-state index in [9.17, 15) is 14.9 Å². The number of rotatable bonds is 4. The van der Waals surface area contributed by atoms with Gasteiger partial charge in [-0.25, -0.2) is 14.8 Å². The van der Waals surface area contributed by atoms with E-state index in [1.807, 2.05) is 0 Å². The molecule has 0 saturated heterocycles. The van der Waals surface area contributed by atoms with Crippen LogP contribution in [0.4, 0.5) is 5.69 Å². The highest BCUT2D eigenvalue weighted by Gasteiger charge is 2.17. The lowest BCUT2D eigenvalue weighted by Gasteiger charge is -1.99. The van der Waals surface area contributed by atoms with Crippen LogP contribution in [0.2, 0.25) is 0 Å². The minimum atomic E-state index is -1.01. The highest BCUT2D eigenvalue weighted by molar-refractivity contribution is 8.01. The van der Waals surface area contributed by atoms with Crippen LogP contribution in [0, 0.1) is 24.0 Å². The molecule has 0 saturated carbocycles. The first-order valence-corrected chi connectivity index (χ1v) is 7.02. The van der Waals surface area contributed by atoms with Crippen molar-refractivity contribution in [1.82, 2.24) is 9.97 Å². The minimum Gasteiger partial charge on any atom is -0.477 e. The summed E-state index contributed by atoms with van der Waals surface area (Å²) >= 11 is 2.24. The number of hydrogen-bond donors (Lipinski definition) is 1. The number of thiazole rings is 1. The summed E-state index contributed by atoms with van der Waals surface area (Å²) in [5, 5.41) is 20.2. The summed E-state index contributed by atoms with van der Waals surface area (Å²) in [6, 6.07) is 2.90. The molecule has 0 amide bonds. The molecule has 0 aliphatic carbocycles.